The van der Waals surface area contributed by atoms with E-state index in [1.165, 1.54) is 62.6 Å². The Morgan fingerprint density at radius 2 is 1.65 bits per heavy atom. The molecule has 0 aromatic heterocycles. The number of amides is 2. The Bertz CT molecular complexity index is 1280. The van der Waals surface area contributed by atoms with Crippen LogP contribution in [0.1, 0.15) is 33.4 Å². The molecule has 1 heterocycles. The van der Waals surface area contributed by atoms with Gasteiger partial charge in [-0.1, -0.05) is 29.8 Å². The molecule has 3 aromatic carbocycles. The highest BCUT2D eigenvalue weighted by Crippen LogP contribution is 2.46. The van der Waals surface area contributed by atoms with E-state index >= 15 is 0 Å². The number of carbonyl (C=O) groups is 2. The zero-order valence-electron chi connectivity index (χ0n) is 18.6. The van der Waals surface area contributed by atoms with E-state index in [1.807, 2.05) is 0 Å². The van der Waals surface area contributed by atoms with E-state index in [-0.39, 0.29) is 21.8 Å². The normalized spacial score (nSPS) is 17.2. The number of anilines is 1. The number of nitrogens with one attached hydrogen (secondary N) is 1. The van der Waals surface area contributed by atoms with Gasteiger partial charge in [-0.2, -0.15) is 0 Å². The predicted molar refractivity (Wildman–Crippen MR) is 124 cm³/mol. The molecule has 1 aliphatic heterocycles. The molecule has 9 heteroatoms. The minimum absolute atomic E-state index is 0.161. The first-order valence-corrected chi connectivity index (χ1v) is 10.7. The highest BCUT2D eigenvalue weighted by molar-refractivity contribution is 6.31. The highest BCUT2D eigenvalue weighted by Gasteiger charge is 2.44. The third-order valence-corrected chi connectivity index (χ3v) is 6.16. The van der Waals surface area contributed by atoms with E-state index in [2.05, 4.69) is 5.32 Å². The molecular formula is C25H21ClF2N2O4. The van der Waals surface area contributed by atoms with Crippen LogP contribution in [0.15, 0.2) is 54.6 Å². The van der Waals surface area contributed by atoms with Crippen LogP contribution in [0.25, 0.3) is 0 Å². The SMILES string of the molecule is COc1cc2c(cc1OC)[C@@H](C(=O)Nc1ccc(F)c(Cl)c1)[C@@H](c1ccccc1F)N(C)C2=O. The number of benzene rings is 3. The fourth-order valence-electron chi connectivity index (χ4n) is 4.23. The third-order valence-electron chi connectivity index (χ3n) is 5.87. The number of fused-ring (bicyclic) bond motifs is 1. The van der Waals surface area contributed by atoms with Crippen molar-refractivity contribution in [1.29, 1.82) is 0 Å². The average molecular weight is 487 g/mol. The molecule has 3 aromatic rings. The lowest BCUT2D eigenvalue weighted by atomic mass is 9.79. The Labute approximate surface area is 200 Å². The molecule has 2 amide bonds. The van der Waals surface area contributed by atoms with Gasteiger partial charge in [0.2, 0.25) is 5.91 Å². The Kier molecular flexibility index (Phi) is 6.43. The van der Waals surface area contributed by atoms with Crippen molar-refractivity contribution < 1.29 is 27.8 Å². The minimum atomic E-state index is -1.03. The van der Waals surface area contributed by atoms with Crippen molar-refractivity contribution in [1.82, 2.24) is 4.90 Å². The van der Waals surface area contributed by atoms with E-state index in [9.17, 15) is 18.4 Å². The smallest absolute Gasteiger partial charge is 0.254 e. The molecule has 0 aliphatic carbocycles. The molecule has 1 aliphatic rings. The van der Waals surface area contributed by atoms with Gasteiger partial charge in [-0.05, 0) is 42.0 Å². The molecule has 0 radical (unpaired) electrons. The van der Waals surface area contributed by atoms with Gasteiger partial charge >= 0.3 is 0 Å². The second-order valence-corrected chi connectivity index (χ2v) is 8.18. The summed E-state index contributed by atoms with van der Waals surface area (Å²) in [6, 6.07) is 11.8. The standard InChI is InChI=1S/C25H21ClF2N2O4/c1-30-23(14-6-4-5-7-18(14)27)22(24(31)29-13-8-9-19(28)17(26)10-13)15-11-20(33-2)21(34-3)12-16(15)25(30)32/h4-12,22-23H,1-3H3,(H,29,31)/t22-,23-/m1/s1. The first-order valence-electron chi connectivity index (χ1n) is 10.3. The van der Waals surface area contributed by atoms with Gasteiger partial charge in [0.25, 0.3) is 5.91 Å². The van der Waals surface area contributed by atoms with Gasteiger partial charge in [-0.3, -0.25) is 9.59 Å². The van der Waals surface area contributed by atoms with Crippen LogP contribution in [-0.2, 0) is 4.79 Å². The van der Waals surface area contributed by atoms with Crippen molar-refractivity contribution in [2.24, 2.45) is 0 Å². The molecule has 0 spiro atoms. The lowest BCUT2D eigenvalue weighted by Crippen LogP contribution is -2.44. The molecule has 0 fully saturated rings. The molecule has 6 nitrogen and oxygen atoms in total. The molecule has 2 atom stereocenters. The van der Waals surface area contributed by atoms with E-state index in [1.54, 1.807) is 12.1 Å². The fourth-order valence-corrected chi connectivity index (χ4v) is 4.41. The van der Waals surface area contributed by atoms with Gasteiger partial charge in [-0.15, -0.1) is 0 Å². The second-order valence-electron chi connectivity index (χ2n) is 7.77. The van der Waals surface area contributed by atoms with Crippen molar-refractivity contribution in [3.05, 3.63) is 87.9 Å². The van der Waals surface area contributed by atoms with Crippen molar-refractivity contribution in [3.63, 3.8) is 0 Å². The number of ether oxygens (including phenoxy) is 2. The Hall–Kier alpha value is -3.65. The van der Waals surface area contributed by atoms with Crippen molar-refractivity contribution in [2.45, 2.75) is 12.0 Å². The van der Waals surface area contributed by atoms with Crippen LogP contribution in [-0.4, -0.2) is 38.0 Å². The zero-order valence-corrected chi connectivity index (χ0v) is 19.3. The molecule has 0 bridgehead atoms. The van der Waals surface area contributed by atoms with Crippen LogP contribution < -0.4 is 14.8 Å². The van der Waals surface area contributed by atoms with Gasteiger partial charge in [0.15, 0.2) is 11.5 Å². The molecular weight excluding hydrogens is 466 g/mol. The fraction of sp³-hybridized carbons (Fsp3) is 0.200. The summed E-state index contributed by atoms with van der Waals surface area (Å²) >= 11 is 5.87. The summed E-state index contributed by atoms with van der Waals surface area (Å²) in [5, 5.41) is 2.56. The summed E-state index contributed by atoms with van der Waals surface area (Å²) in [5.41, 5.74) is 1.01. The number of hydrogen-bond donors (Lipinski definition) is 1. The van der Waals surface area contributed by atoms with E-state index < -0.39 is 35.4 Å². The maximum absolute atomic E-state index is 14.9. The second kappa shape index (κ2) is 9.30. The summed E-state index contributed by atoms with van der Waals surface area (Å²) in [5.74, 6) is -2.53. The molecule has 0 saturated heterocycles. The summed E-state index contributed by atoms with van der Waals surface area (Å²) in [7, 11) is 4.38. The van der Waals surface area contributed by atoms with Crippen molar-refractivity contribution in [2.75, 3.05) is 26.6 Å². The van der Waals surface area contributed by atoms with Crippen LogP contribution in [0.2, 0.25) is 5.02 Å². The van der Waals surface area contributed by atoms with Crippen molar-refractivity contribution >= 4 is 29.1 Å². The van der Waals surface area contributed by atoms with E-state index in [4.69, 9.17) is 21.1 Å². The number of nitrogens with zero attached hydrogens (tertiary/aromatic N) is 1. The van der Waals surface area contributed by atoms with Crippen molar-refractivity contribution in [3.8, 4) is 11.5 Å². The number of carbonyl (C=O) groups excluding carboxylic acids is 2. The van der Waals surface area contributed by atoms with Gasteiger partial charge in [0, 0.05) is 23.9 Å². The quantitative estimate of drug-likeness (QED) is 0.539. The average Bonchev–Trinajstić information content (AvgIpc) is 2.83. The van der Waals surface area contributed by atoms with Gasteiger partial charge in [0.1, 0.15) is 11.6 Å². The lowest BCUT2D eigenvalue weighted by molar-refractivity contribution is -0.119. The predicted octanol–water partition coefficient (Wildman–Crippen LogP) is 5.18. The van der Waals surface area contributed by atoms with E-state index in [0.29, 0.717) is 17.1 Å². The molecule has 1 N–H and O–H groups in total. The van der Waals surface area contributed by atoms with Crippen LogP contribution in [0.4, 0.5) is 14.5 Å². The third kappa shape index (κ3) is 4.05. The number of rotatable bonds is 5. The Morgan fingerprint density at radius 1 is 0.971 bits per heavy atom. The summed E-state index contributed by atoms with van der Waals surface area (Å²) in [6.07, 6.45) is 0. The van der Waals surface area contributed by atoms with Gasteiger partial charge < -0.3 is 19.7 Å². The summed E-state index contributed by atoms with van der Waals surface area (Å²) < 4.78 is 39.2. The van der Waals surface area contributed by atoms with Crippen LogP contribution >= 0.6 is 11.6 Å². The number of halogens is 3. The van der Waals surface area contributed by atoms with Crippen LogP contribution in [0.5, 0.6) is 11.5 Å². The largest absolute Gasteiger partial charge is 0.493 e. The van der Waals surface area contributed by atoms with Gasteiger partial charge in [0.05, 0.1) is 31.2 Å². The van der Waals surface area contributed by atoms with Crippen LogP contribution in [0.3, 0.4) is 0 Å². The van der Waals surface area contributed by atoms with E-state index in [0.717, 1.165) is 6.07 Å². The van der Waals surface area contributed by atoms with Gasteiger partial charge in [-0.25, -0.2) is 8.78 Å². The highest BCUT2D eigenvalue weighted by atomic mass is 35.5. The Morgan fingerprint density at radius 3 is 2.29 bits per heavy atom. The molecule has 0 unspecified atom stereocenters. The topological polar surface area (TPSA) is 67.9 Å². The molecule has 0 saturated carbocycles. The number of methoxy groups -OCH3 is 2. The maximum Gasteiger partial charge on any atom is 0.254 e. The molecule has 4 rings (SSSR count). The first-order chi connectivity index (χ1) is 16.3. The molecule has 34 heavy (non-hydrogen) atoms. The minimum Gasteiger partial charge on any atom is -0.493 e. The number of hydrogen-bond acceptors (Lipinski definition) is 4. The first kappa shape index (κ1) is 23.5. The summed E-state index contributed by atoms with van der Waals surface area (Å²) in [4.78, 5) is 28.3. The Balaban J connectivity index is 1.89. The number of likely N-dealkylation sites (N-methyl/N-ethyl adjacent to an activating group) is 1. The lowest BCUT2D eigenvalue weighted by Gasteiger charge is -2.40. The maximum atomic E-state index is 14.9. The molecule has 176 valence electrons. The zero-order chi connectivity index (χ0) is 24.6. The summed E-state index contributed by atoms with van der Waals surface area (Å²) in [6.45, 7) is 0. The van der Waals surface area contributed by atoms with Crippen LogP contribution in [0, 0.1) is 11.6 Å². The monoisotopic (exact) mass is 486 g/mol.